The molecular weight excluding hydrogens is 424 g/mol. The van der Waals surface area contributed by atoms with E-state index in [2.05, 4.69) is 53.2 Å². The van der Waals surface area contributed by atoms with E-state index in [0.717, 1.165) is 66.0 Å². The molecule has 5 nitrogen and oxygen atoms in total. The first-order chi connectivity index (χ1) is 15.2. The number of anilines is 1. The van der Waals surface area contributed by atoms with E-state index in [-0.39, 0.29) is 5.91 Å². The van der Waals surface area contributed by atoms with Crippen LogP contribution in [0.3, 0.4) is 0 Å². The fourth-order valence-electron chi connectivity index (χ4n) is 3.80. The number of hydrogen-bond acceptors (Lipinski definition) is 6. The van der Waals surface area contributed by atoms with Gasteiger partial charge in [-0.25, -0.2) is 4.98 Å². The van der Waals surface area contributed by atoms with Crippen molar-refractivity contribution in [3.63, 3.8) is 0 Å². The van der Waals surface area contributed by atoms with Crippen molar-refractivity contribution in [1.82, 2.24) is 15.2 Å². The summed E-state index contributed by atoms with van der Waals surface area (Å²) in [7, 11) is 0. The summed E-state index contributed by atoms with van der Waals surface area (Å²) in [5, 5.41) is 4.20. The molecule has 164 valence electrons. The lowest BCUT2D eigenvalue weighted by Crippen LogP contribution is -2.48. The van der Waals surface area contributed by atoms with Gasteiger partial charge in [0.2, 0.25) is 0 Å². The van der Waals surface area contributed by atoms with Gasteiger partial charge in [-0.15, -0.1) is 11.8 Å². The van der Waals surface area contributed by atoms with Gasteiger partial charge < -0.3 is 10.2 Å². The lowest BCUT2D eigenvalue weighted by Gasteiger charge is -2.34. The minimum absolute atomic E-state index is 0.0121. The summed E-state index contributed by atoms with van der Waals surface area (Å²) in [5.74, 6) is 1.02. The van der Waals surface area contributed by atoms with Crippen LogP contribution in [0.2, 0.25) is 0 Å². The summed E-state index contributed by atoms with van der Waals surface area (Å²) in [6.07, 6.45) is 1.06. The SMILES string of the molecule is CCSc1cccc(C(=O)NCCN2CCN(c3nc4ccc(CC)cc4s3)CC2)c1. The second-order valence-corrected chi connectivity index (χ2v) is 10.0. The Kier molecular flexibility index (Phi) is 7.48. The molecule has 0 unspecified atom stereocenters. The maximum Gasteiger partial charge on any atom is 0.251 e. The molecule has 2 heterocycles. The summed E-state index contributed by atoms with van der Waals surface area (Å²) in [6, 6.07) is 14.5. The number of rotatable bonds is 8. The Balaban J connectivity index is 1.24. The number of thiazole rings is 1. The molecule has 1 aromatic heterocycles. The maximum atomic E-state index is 12.5. The van der Waals surface area contributed by atoms with Gasteiger partial charge in [-0.1, -0.05) is 37.3 Å². The quantitative estimate of drug-likeness (QED) is 0.507. The predicted octanol–water partition coefficient (Wildman–Crippen LogP) is 4.52. The lowest BCUT2D eigenvalue weighted by atomic mass is 10.2. The number of nitrogens with one attached hydrogen (secondary N) is 1. The number of aryl methyl sites for hydroxylation is 1. The smallest absolute Gasteiger partial charge is 0.251 e. The zero-order valence-electron chi connectivity index (χ0n) is 18.3. The van der Waals surface area contributed by atoms with Crippen LogP contribution in [-0.2, 0) is 6.42 Å². The minimum atomic E-state index is 0.0121. The molecule has 3 aromatic rings. The van der Waals surface area contributed by atoms with E-state index in [4.69, 9.17) is 4.98 Å². The fourth-order valence-corrected chi connectivity index (χ4v) is 5.60. The number of thioether (sulfide) groups is 1. The predicted molar refractivity (Wildman–Crippen MR) is 133 cm³/mol. The van der Waals surface area contributed by atoms with Crippen molar-refractivity contribution < 1.29 is 4.79 Å². The number of amides is 1. The molecule has 1 aliphatic rings. The summed E-state index contributed by atoms with van der Waals surface area (Å²) in [4.78, 5) is 23.3. The first kappa shape index (κ1) is 22.1. The average Bonchev–Trinajstić information content (AvgIpc) is 3.23. The third-order valence-electron chi connectivity index (χ3n) is 5.61. The van der Waals surface area contributed by atoms with Crippen LogP contribution in [0.5, 0.6) is 0 Å². The van der Waals surface area contributed by atoms with Gasteiger partial charge >= 0.3 is 0 Å². The van der Waals surface area contributed by atoms with Gasteiger partial charge in [-0.3, -0.25) is 9.69 Å². The van der Waals surface area contributed by atoms with Crippen LogP contribution in [0.4, 0.5) is 5.13 Å². The first-order valence-corrected chi connectivity index (χ1v) is 12.8. The van der Waals surface area contributed by atoms with Gasteiger partial charge in [0.05, 0.1) is 10.2 Å². The topological polar surface area (TPSA) is 48.5 Å². The first-order valence-electron chi connectivity index (χ1n) is 11.0. The highest BCUT2D eigenvalue weighted by molar-refractivity contribution is 7.99. The standard InChI is InChI=1S/C24H30N4OS2/c1-3-18-8-9-21-22(16-18)31-24(26-21)28-14-12-27(13-15-28)11-10-25-23(29)19-6-5-7-20(17-19)30-4-2/h5-9,16-17H,3-4,10-15H2,1-2H3,(H,25,29). The van der Waals surface area contributed by atoms with Crippen molar-refractivity contribution >= 4 is 44.4 Å². The molecule has 0 bridgehead atoms. The van der Waals surface area contributed by atoms with Crippen LogP contribution in [0.25, 0.3) is 10.2 Å². The number of aromatic nitrogens is 1. The molecule has 1 N–H and O–H groups in total. The van der Waals surface area contributed by atoms with Crippen LogP contribution in [-0.4, -0.2) is 60.8 Å². The van der Waals surface area contributed by atoms with Crippen LogP contribution < -0.4 is 10.2 Å². The van der Waals surface area contributed by atoms with Gasteiger partial charge in [-0.05, 0) is 48.1 Å². The number of hydrogen-bond donors (Lipinski definition) is 1. The highest BCUT2D eigenvalue weighted by Crippen LogP contribution is 2.30. The van der Waals surface area contributed by atoms with E-state index >= 15 is 0 Å². The summed E-state index contributed by atoms with van der Waals surface area (Å²) >= 11 is 3.55. The Labute approximate surface area is 192 Å². The molecule has 0 saturated carbocycles. The Morgan fingerprint density at radius 1 is 1.13 bits per heavy atom. The van der Waals surface area contributed by atoms with E-state index in [1.54, 1.807) is 23.1 Å². The van der Waals surface area contributed by atoms with Crippen molar-refractivity contribution in [2.75, 3.05) is 49.9 Å². The number of nitrogens with zero attached hydrogens (tertiary/aromatic N) is 3. The van der Waals surface area contributed by atoms with E-state index in [9.17, 15) is 4.79 Å². The van der Waals surface area contributed by atoms with E-state index in [1.807, 2.05) is 18.2 Å². The number of carbonyl (C=O) groups excluding carboxylic acids is 1. The largest absolute Gasteiger partial charge is 0.351 e. The number of carbonyl (C=O) groups is 1. The number of piperazine rings is 1. The molecule has 0 aliphatic carbocycles. The summed E-state index contributed by atoms with van der Waals surface area (Å²) < 4.78 is 1.28. The molecule has 7 heteroatoms. The zero-order chi connectivity index (χ0) is 21.6. The van der Waals surface area contributed by atoms with E-state index in [1.165, 1.54) is 10.3 Å². The number of fused-ring (bicyclic) bond motifs is 1. The fraction of sp³-hybridized carbons (Fsp3) is 0.417. The Hall–Kier alpha value is -2.09. The van der Waals surface area contributed by atoms with Crippen molar-refractivity contribution in [2.45, 2.75) is 25.2 Å². The normalized spacial score (nSPS) is 14.8. The summed E-state index contributed by atoms with van der Waals surface area (Å²) in [5.41, 5.74) is 3.21. The zero-order valence-corrected chi connectivity index (χ0v) is 19.9. The van der Waals surface area contributed by atoms with Crippen LogP contribution in [0.1, 0.15) is 29.8 Å². The van der Waals surface area contributed by atoms with E-state index in [0.29, 0.717) is 6.54 Å². The second kappa shape index (κ2) is 10.5. The molecule has 0 radical (unpaired) electrons. The number of benzene rings is 2. The van der Waals surface area contributed by atoms with Gasteiger partial charge in [-0.2, -0.15) is 0 Å². The Bertz CT molecular complexity index is 1030. The molecule has 1 amide bonds. The molecule has 1 aliphatic heterocycles. The van der Waals surface area contributed by atoms with Crippen molar-refractivity contribution in [3.05, 3.63) is 53.6 Å². The van der Waals surface area contributed by atoms with Gasteiger partial charge in [0, 0.05) is 49.7 Å². The van der Waals surface area contributed by atoms with Crippen molar-refractivity contribution in [2.24, 2.45) is 0 Å². The molecule has 0 spiro atoms. The lowest BCUT2D eigenvalue weighted by molar-refractivity contribution is 0.0947. The molecule has 31 heavy (non-hydrogen) atoms. The van der Waals surface area contributed by atoms with Crippen molar-refractivity contribution in [1.29, 1.82) is 0 Å². The van der Waals surface area contributed by atoms with Crippen molar-refractivity contribution in [3.8, 4) is 0 Å². The highest BCUT2D eigenvalue weighted by atomic mass is 32.2. The Morgan fingerprint density at radius 2 is 1.97 bits per heavy atom. The minimum Gasteiger partial charge on any atom is -0.351 e. The maximum absolute atomic E-state index is 12.5. The third kappa shape index (κ3) is 5.59. The van der Waals surface area contributed by atoms with Gasteiger partial charge in [0.25, 0.3) is 5.91 Å². The van der Waals surface area contributed by atoms with E-state index < -0.39 is 0 Å². The molecule has 4 rings (SSSR count). The molecule has 2 aromatic carbocycles. The third-order valence-corrected chi connectivity index (χ3v) is 7.57. The van der Waals surface area contributed by atoms with Crippen LogP contribution >= 0.6 is 23.1 Å². The monoisotopic (exact) mass is 454 g/mol. The second-order valence-electron chi connectivity index (χ2n) is 7.70. The Morgan fingerprint density at radius 3 is 2.74 bits per heavy atom. The molecular formula is C24H30N4OS2. The summed E-state index contributed by atoms with van der Waals surface area (Å²) in [6.45, 7) is 9.80. The molecule has 1 saturated heterocycles. The highest BCUT2D eigenvalue weighted by Gasteiger charge is 2.20. The van der Waals surface area contributed by atoms with Gasteiger partial charge in [0.1, 0.15) is 0 Å². The molecule has 1 fully saturated rings. The molecule has 0 atom stereocenters. The van der Waals surface area contributed by atoms with Crippen LogP contribution in [0, 0.1) is 0 Å². The average molecular weight is 455 g/mol. The van der Waals surface area contributed by atoms with Crippen LogP contribution in [0.15, 0.2) is 47.4 Å². The van der Waals surface area contributed by atoms with Gasteiger partial charge in [0.15, 0.2) is 5.13 Å².